The Labute approximate surface area is 124 Å². The Hall–Kier alpha value is -1.03. The Kier molecular flexibility index (Phi) is 3.02. The molecule has 2 aliphatic carbocycles. The number of nitrogens with zero attached hydrogens (tertiary/aromatic N) is 1. The summed E-state index contributed by atoms with van der Waals surface area (Å²) < 4.78 is -0.0192. The molecule has 4 heteroatoms. The van der Waals surface area contributed by atoms with Gasteiger partial charge in [-0.2, -0.15) is 0 Å². The van der Waals surface area contributed by atoms with Crippen LogP contribution in [0, 0.1) is 11.8 Å². The third-order valence-electron chi connectivity index (χ3n) is 5.16. The van der Waals surface area contributed by atoms with Crippen LogP contribution in [0.3, 0.4) is 0 Å². The molecule has 0 aromatic rings. The van der Waals surface area contributed by atoms with Crippen molar-refractivity contribution in [1.29, 1.82) is 0 Å². The van der Waals surface area contributed by atoms with E-state index in [1.807, 2.05) is 11.8 Å². The molecular weight excluding hydrogens is 268 g/mol. The molecule has 3 nitrogen and oxygen atoms in total. The van der Waals surface area contributed by atoms with E-state index >= 15 is 0 Å². The normalized spacial score (nSPS) is 38.7. The third kappa shape index (κ3) is 1.80. The van der Waals surface area contributed by atoms with E-state index in [2.05, 4.69) is 29.6 Å². The van der Waals surface area contributed by atoms with E-state index in [4.69, 9.17) is 4.99 Å². The van der Waals surface area contributed by atoms with Gasteiger partial charge >= 0.3 is 0 Å². The number of carbonyl (C=O) groups excluding carboxylic acids is 1. The van der Waals surface area contributed by atoms with Gasteiger partial charge < -0.3 is 5.32 Å². The van der Waals surface area contributed by atoms with Gasteiger partial charge in [-0.1, -0.05) is 18.2 Å². The molecule has 2 aliphatic heterocycles. The van der Waals surface area contributed by atoms with E-state index in [1.165, 1.54) is 12.1 Å². The number of nitrogens with one attached hydrogen (secondary N) is 1. The van der Waals surface area contributed by atoms with Crippen molar-refractivity contribution in [2.24, 2.45) is 16.8 Å². The zero-order chi connectivity index (χ0) is 13.6. The van der Waals surface area contributed by atoms with E-state index in [0.29, 0.717) is 12.0 Å². The van der Waals surface area contributed by atoms with E-state index in [-0.39, 0.29) is 16.6 Å². The fourth-order valence-corrected chi connectivity index (χ4v) is 5.57. The van der Waals surface area contributed by atoms with Crippen LogP contribution in [0.5, 0.6) is 0 Å². The van der Waals surface area contributed by atoms with Crippen molar-refractivity contribution in [2.45, 2.75) is 36.5 Å². The first-order chi connectivity index (χ1) is 9.79. The molecule has 1 saturated carbocycles. The highest BCUT2D eigenvalue weighted by Crippen LogP contribution is 2.52. The van der Waals surface area contributed by atoms with Gasteiger partial charge in [-0.05, 0) is 37.7 Å². The maximum Gasteiger partial charge on any atom is 0.224 e. The molecule has 3 unspecified atom stereocenters. The molecule has 4 aliphatic rings. The maximum absolute atomic E-state index is 12.6. The molecule has 1 amide bonds. The van der Waals surface area contributed by atoms with Crippen molar-refractivity contribution in [3.63, 3.8) is 0 Å². The van der Waals surface area contributed by atoms with Crippen molar-refractivity contribution < 1.29 is 4.79 Å². The van der Waals surface area contributed by atoms with Crippen LogP contribution in [0.15, 0.2) is 29.3 Å². The smallest absolute Gasteiger partial charge is 0.224 e. The molecule has 0 radical (unpaired) electrons. The fourth-order valence-electron chi connectivity index (χ4n) is 3.78. The first kappa shape index (κ1) is 12.7. The second-order valence-corrected chi connectivity index (χ2v) is 7.52. The summed E-state index contributed by atoms with van der Waals surface area (Å²) in [7, 11) is 0. The lowest BCUT2D eigenvalue weighted by atomic mass is 9.73. The summed E-state index contributed by atoms with van der Waals surface area (Å²) in [4.78, 5) is 17.3. The first-order valence-corrected chi connectivity index (χ1v) is 8.63. The van der Waals surface area contributed by atoms with Crippen molar-refractivity contribution >= 4 is 23.4 Å². The minimum Gasteiger partial charge on any atom is -0.353 e. The minimum absolute atomic E-state index is 0.0192. The Morgan fingerprint density at radius 2 is 2.25 bits per heavy atom. The van der Waals surface area contributed by atoms with Gasteiger partial charge in [-0.25, -0.2) is 0 Å². The molecule has 0 aromatic heterocycles. The summed E-state index contributed by atoms with van der Waals surface area (Å²) in [6, 6.07) is 0.447. The Bertz CT molecular complexity index is 521. The van der Waals surface area contributed by atoms with Crippen LogP contribution >= 0.6 is 11.8 Å². The summed E-state index contributed by atoms with van der Waals surface area (Å²) in [6.07, 6.45) is 13.2. The van der Waals surface area contributed by atoms with Gasteiger partial charge in [0.25, 0.3) is 0 Å². The van der Waals surface area contributed by atoms with Gasteiger partial charge in [0.2, 0.25) is 5.91 Å². The molecule has 1 saturated heterocycles. The highest BCUT2D eigenvalue weighted by molar-refractivity contribution is 8.02. The Balaban J connectivity index is 1.56. The molecular formula is C16H20N2OS. The Morgan fingerprint density at radius 3 is 3.05 bits per heavy atom. The largest absolute Gasteiger partial charge is 0.353 e. The number of carbonyl (C=O) groups is 1. The topological polar surface area (TPSA) is 41.5 Å². The molecule has 3 atom stereocenters. The summed E-state index contributed by atoms with van der Waals surface area (Å²) >= 11 is 1.92. The van der Waals surface area contributed by atoms with Gasteiger partial charge in [-0.15, -0.1) is 11.8 Å². The van der Waals surface area contributed by atoms with Crippen molar-refractivity contribution in [3.8, 4) is 0 Å². The summed E-state index contributed by atoms with van der Waals surface area (Å²) in [5.41, 5.74) is 1.18. The monoisotopic (exact) mass is 288 g/mol. The van der Waals surface area contributed by atoms with E-state index in [9.17, 15) is 4.79 Å². The third-order valence-corrected chi connectivity index (χ3v) is 6.81. The minimum atomic E-state index is -0.0192. The number of hydrogen-bond acceptors (Lipinski definition) is 3. The van der Waals surface area contributed by atoms with Crippen LogP contribution in [0.2, 0.25) is 0 Å². The predicted molar refractivity (Wildman–Crippen MR) is 83.1 cm³/mol. The number of hydrogen-bond donors (Lipinski definition) is 1. The van der Waals surface area contributed by atoms with Gasteiger partial charge in [-0.3, -0.25) is 9.79 Å². The maximum atomic E-state index is 12.6. The van der Waals surface area contributed by atoms with Crippen LogP contribution in [0.25, 0.3) is 0 Å². The molecule has 0 bridgehead atoms. The lowest BCUT2D eigenvalue weighted by Gasteiger charge is -2.38. The lowest BCUT2D eigenvalue weighted by Crippen LogP contribution is -2.49. The molecule has 0 aromatic carbocycles. The quantitative estimate of drug-likeness (QED) is 0.847. The average molecular weight is 288 g/mol. The highest BCUT2D eigenvalue weighted by Gasteiger charge is 2.54. The Morgan fingerprint density at radius 1 is 1.35 bits per heavy atom. The second-order valence-electron chi connectivity index (χ2n) is 6.23. The highest BCUT2D eigenvalue weighted by atomic mass is 32.2. The van der Waals surface area contributed by atoms with Crippen LogP contribution < -0.4 is 5.32 Å². The molecule has 1 spiro atoms. The number of allylic oxidation sites excluding steroid dienone is 3. The summed E-state index contributed by atoms with van der Waals surface area (Å²) in [5.74, 6) is 1.79. The molecule has 4 rings (SSSR count). The molecule has 2 heterocycles. The van der Waals surface area contributed by atoms with Gasteiger partial charge in [0.1, 0.15) is 0 Å². The summed E-state index contributed by atoms with van der Waals surface area (Å²) in [6.45, 7) is 0.869. The summed E-state index contributed by atoms with van der Waals surface area (Å²) in [5, 5.41) is 3.25. The number of aliphatic imine (C=N–C) groups is 1. The van der Waals surface area contributed by atoms with Crippen LogP contribution in [0.1, 0.15) is 25.7 Å². The van der Waals surface area contributed by atoms with Gasteiger partial charge in [0.05, 0.1) is 16.4 Å². The number of thioether (sulfide) groups is 1. The van der Waals surface area contributed by atoms with Crippen molar-refractivity contribution in [2.75, 3.05) is 12.3 Å². The molecule has 2 fully saturated rings. The molecule has 106 valence electrons. The number of rotatable bonds is 2. The van der Waals surface area contributed by atoms with Crippen LogP contribution in [0.4, 0.5) is 0 Å². The van der Waals surface area contributed by atoms with E-state index in [0.717, 1.165) is 31.6 Å². The SMILES string of the molecule is O=C(NC1CCC1)C1CSC23C=CC=CC2=NCCC13. The average Bonchev–Trinajstić information content (AvgIpc) is 2.80. The second kappa shape index (κ2) is 4.76. The molecule has 1 N–H and O–H groups in total. The predicted octanol–water partition coefficient (Wildman–Crippen LogP) is 2.34. The standard InChI is InChI=1S/C16H20N2OS/c19-15(18-11-4-3-5-11)12-10-20-16-8-2-1-6-14(16)17-9-7-13(12)16/h1-2,6,8,11-13H,3-5,7,9-10H2,(H,18,19). The van der Waals surface area contributed by atoms with Gasteiger partial charge in [0.15, 0.2) is 0 Å². The zero-order valence-electron chi connectivity index (χ0n) is 11.5. The number of amides is 1. The van der Waals surface area contributed by atoms with Gasteiger partial charge in [0, 0.05) is 18.3 Å². The van der Waals surface area contributed by atoms with E-state index < -0.39 is 0 Å². The lowest BCUT2D eigenvalue weighted by molar-refractivity contribution is -0.127. The van der Waals surface area contributed by atoms with Crippen molar-refractivity contribution in [3.05, 3.63) is 24.3 Å². The van der Waals surface area contributed by atoms with Crippen LogP contribution in [-0.2, 0) is 4.79 Å². The zero-order valence-corrected chi connectivity index (χ0v) is 12.4. The van der Waals surface area contributed by atoms with Crippen molar-refractivity contribution in [1.82, 2.24) is 5.32 Å². The molecule has 20 heavy (non-hydrogen) atoms. The van der Waals surface area contributed by atoms with Crippen LogP contribution in [-0.4, -0.2) is 34.7 Å². The first-order valence-electron chi connectivity index (χ1n) is 7.65. The fraction of sp³-hybridized carbons (Fsp3) is 0.625. The van der Waals surface area contributed by atoms with E-state index in [1.54, 1.807) is 0 Å².